The highest BCUT2D eigenvalue weighted by Gasteiger charge is 2.34. The lowest BCUT2D eigenvalue weighted by atomic mass is 10.0. The van der Waals surface area contributed by atoms with Crippen LogP contribution in [-0.4, -0.2) is 55.8 Å². The molecule has 0 amide bonds. The molecule has 0 aromatic rings. The van der Waals surface area contributed by atoms with Crippen LogP contribution in [0.25, 0.3) is 0 Å². The standard InChI is InChI=1S/C9H19N3O4S/c1-16-6-7-17(14,15)12-5-3-2-4-8(12)9(10)11-13/h8,13H,2-7H2,1H3,(H2,10,11). The maximum atomic E-state index is 12.0. The molecule has 100 valence electrons. The van der Waals surface area contributed by atoms with Crippen molar-refractivity contribution in [1.82, 2.24) is 4.31 Å². The van der Waals surface area contributed by atoms with E-state index in [0.29, 0.717) is 13.0 Å². The number of amidine groups is 1. The predicted molar refractivity (Wildman–Crippen MR) is 63.4 cm³/mol. The lowest BCUT2D eigenvalue weighted by Gasteiger charge is -2.33. The van der Waals surface area contributed by atoms with E-state index in [9.17, 15) is 8.42 Å². The van der Waals surface area contributed by atoms with E-state index in [1.54, 1.807) is 0 Å². The molecular formula is C9H19N3O4S. The molecule has 1 unspecified atom stereocenters. The van der Waals surface area contributed by atoms with Gasteiger partial charge in [0.05, 0.1) is 18.4 Å². The van der Waals surface area contributed by atoms with E-state index in [1.807, 2.05) is 0 Å². The Morgan fingerprint density at radius 1 is 1.59 bits per heavy atom. The molecule has 1 saturated heterocycles. The number of sulfonamides is 1. The largest absolute Gasteiger partial charge is 0.409 e. The molecule has 17 heavy (non-hydrogen) atoms. The SMILES string of the molecule is COCCS(=O)(=O)N1CCCCC1C(N)=NO. The summed E-state index contributed by atoms with van der Waals surface area (Å²) in [6.07, 6.45) is 2.25. The molecule has 0 spiro atoms. The average Bonchev–Trinajstić information content (AvgIpc) is 2.35. The molecule has 3 N–H and O–H groups in total. The minimum atomic E-state index is -3.41. The zero-order valence-corrected chi connectivity index (χ0v) is 10.7. The summed E-state index contributed by atoms with van der Waals surface area (Å²) >= 11 is 0. The minimum Gasteiger partial charge on any atom is -0.409 e. The molecule has 0 aromatic carbocycles. The lowest BCUT2D eigenvalue weighted by Crippen LogP contribution is -2.51. The van der Waals surface area contributed by atoms with Gasteiger partial charge in [0, 0.05) is 13.7 Å². The highest BCUT2D eigenvalue weighted by Crippen LogP contribution is 2.20. The zero-order chi connectivity index (χ0) is 12.9. The van der Waals surface area contributed by atoms with Crippen LogP contribution in [0.2, 0.25) is 0 Å². The monoisotopic (exact) mass is 265 g/mol. The fourth-order valence-corrected chi connectivity index (χ4v) is 3.53. The molecule has 0 radical (unpaired) electrons. The Labute approximate surface area is 101 Å². The molecule has 0 saturated carbocycles. The summed E-state index contributed by atoms with van der Waals surface area (Å²) in [5.74, 6) is -0.135. The van der Waals surface area contributed by atoms with Gasteiger partial charge in [0.25, 0.3) is 0 Å². The van der Waals surface area contributed by atoms with Crippen LogP contribution in [0.1, 0.15) is 19.3 Å². The highest BCUT2D eigenvalue weighted by molar-refractivity contribution is 7.89. The van der Waals surface area contributed by atoms with Crippen molar-refractivity contribution in [1.29, 1.82) is 0 Å². The summed E-state index contributed by atoms with van der Waals surface area (Å²) in [6.45, 7) is 0.550. The van der Waals surface area contributed by atoms with Crippen LogP contribution >= 0.6 is 0 Å². The second-order valence-corrected chi connectivity index (χ2v) is 6.00. The normalized spacial score (nSPS) is 23.8. The van der Waals surface area contributed by atoms with Gasteiger partial charge in [-0.05, 0) is 12.8 Å². The van der Waals surface area contributed by atoms with Crippen molar-refractivity contribution in [3.05, 3.63) is 0 Å². The van der Waals surface area contributed by atoms with Crippen molar-refractivity contribution in [3.8, 4) is 0 Å². The lowest BCUT2D eigenvalue weighted by molar-refractivity contribution is 0.213. The topological polar surface area (TPSA) is 105 Å². The van der Waals surface area contributed by atoms with Crippen LogP contribution in [0.4, 0.5) is 0 Å². The third-order valence-corrected chi connectivity index (χ3v) is 4.65. The number of ether oxygens (including phenoxy) is 1. The Bertz CT molecular complexity index is 368. The van der Waals surface area contributed by atoms with E-state index >= 15 is 0 Å². The molecule has 0 aliphatic carbocycles. The molecule has 0 aromatic heterocycles. The highest BCUT2D eigenvalue weighted by atomic mass is 32.2. The Morgan fingerprint density at radius 2 is 2.29 bits per heavy atom. The minimum absolute atomic E-state index is 0.0503. The van der Waals surface area contributed by atoms with Gasteiger partial charge in [0.1, 0.15) is 0 Å². The quantitative estimate of drug-likeness (QED) is 0.303. The number of piperidine rings is 1. The Morgan fingerprint density at radius 3 is 2.88 bits per heavy atom. The van der Waals surface area contributed by atoms with Gasteiger partial charge >= 0.3 is 0 Å². The molecule has 1 atom stereocenters. The number of nitrogens with zero attached hydrogens (tertiary/aromatic N) is 2. The van der Waals surface area contributed by atoms with Crippen LogP contribution < -0.4 is 5.73 Å². The van der Waals surface area contributed by atoms with Gasteiger partial charge in [-0.3, -0.25) is 0 Å². The van der Waals surface area contributed by atoms with E-state index < -0.39 is 16.1 Å². The number of nitrogens with two attached hydrogens (primary N) is 1. The Hall–Kier alpha value is -0.860. The Balaban J connectivity index is 2.84. The molecule has 8 heteroatoms. The summed E-state index contributed by atoms with van der Waals surface area (Å²) in [4.78, 5) is 0. The summed E-state index contributed by atoms with van der Waals surface area (Å²) in [5, 5.41) is 11.6. The summed E-state index contributed by atoms with van der Waals surface area (Å²) in [5.41, 5.74) is 5.53. The third kappa shape index (κ3) is 3.55. The molecule has 1 aliphatic heterocycles. The van der Waals surface area contributed by atoms with E-state index in [2.05, 4.69) is 5.16 Å². The molecule has 1 heterocycles. The summed E-state index contributed by atoms with van der Waals surface area (Å²) < 4.78 is 30.1. The van der Waals surface area contributed by atoms with Crippen molar-refractivity contribution >= 4 is 15.9 Å². The predicted octanol–water partition coefficient (Wildman–Crippen LogP) is -0.436. The van der Waals surface area contributed by atoms with Gasteiger partial charge < -0.3 is 15.7 Å². The number of rotatable bonds is 5. The number of hydrogen-bond donors (Lipinski definition) is 2. The molecule has 0 bridgehead atoms. The van der Waals surface area contributed by atoms with Crippen LogP contribution in [0.3, 0.4) is 0 Å². The van der Waals surface area contributed by atoms with Crippen molar-refractivity contribution in [2.75, 3.05) is 26.0 Å². The van der Waals surface area contributed by atoms with Gasteiger partial charge in [0.2, 0.25) is 10.0 Å². The summed E-state index contributed by atoms with van der Waals surface area (Å²) in [7, 11) is -1.96. The van der Waals surface area contributed by atoms with E-state index in [-0.39, 0.29) is 18.2 Å². The summed E-state index contributed by atoms with van der Waals surface area (Å²) in [6, 6.07) is -0.532. The first-order chi connectivity index (χ1) is 8.03. The van der Waals surface area contributed by atoms with E-state index in [0.717, 1.165) is 12.8 Å². The van der Waals surface area contributed by atoms with E-state index in [1.165, 1.54) is 11.4 Å². The van der Waals surface area contributed by atoms with Gasteiger partial charge in [-0.15, -0.1) is 0 Å². The molecule has 1 aliphatic rings. The molecule has 7 nitrogen and oxygen atoms in total. The number of methoxy groups -OCH3 is 1. The molecular weight excluding hydrogens is 246 g/mol. The van der Waals surface area contributed by atoms with Crippen molar-refractivity contribution in [3.63, 3.8) is 0 Å². The first-order valence-electron chi connectivity index (χ1n) is 5.49. The van der Waals surface area contributed by atoms with Crippen LogP contribution in [0.5, 0.6) is 0 Å². The first kappa shape index (κ1) is 14.2. The van der Waals surface area contributed by atoms with Crippen LogP contribution in [0.15, 0.2) is 5.16 Å². The fraction of sp³-hybridized carbons (Fsp3) is 0.889. The van der Waals surface area contributed by atoms with Crippen LogP contribution in [-0.2, 0) is 14.8 Å². The first-order valence-corrected chi connectivity index (χ1v) is 7.09. The van der Waals surface area contributed by atoms with Crippen molar-refractivity contribution in [2.45, 2.75) is 25.3 Å². The second kappa shape index (κ2) is 6.18. The molecule has 1 rings (SSSR count). The van der Waals surface area contributed by atoms with Crippen molar-refractivity contribution in [2.24, 2.45) is 10.9 Å². The maximum absolute atomic E-state index is 12.0. The maximum Gasteiger partial charge on any atom is 0.217 e. The van der Waals surface area contributed by atoms with Gasteiger partial charge in [-0.1, -0.05) is 11.6 Å². The van der Waals surface area contributed by atoms with E-state index in [4.69, 9.17) is 15.7 Å². The number of hydrogen-bond acceptors (Lipinski definition) is 5. The third-order valence-electron chi connectivity index (χ3n) is 2.81. The average molecular weight is 265 g/mol. The van der Waals surface area contributed by atoms with Crippen LogP contribution in [0, 0.1) is 0 Å². The van der Waals surface area contributed by atoms with Gasteiger partial charge in [-0.25, -0.2) is 8.42 Å². The second-order valence-electron chi connectivity index (χ2n) is 3.96. The fourth-order valence-electron chi connectivity index (χ4n) is 1.91. The smallest absolute Gasteiger partial charge is 0.217 e. The number of oxime groups is 1. The van der Waals surface area contributed by atoms with Gasteiger partial charge in [0.15, 0.2) is 5.84 Å². The molecule has 1 fully saturated rings. The van der Waals surface area contributed by atoms with Gasteiger partial charge in [-0.2, -0.15) is 4.31 Å². The Kier molecular flexibility index (Phi) is 5.16. The zero-order valence-electron chi connectivity index (χ0n) is 9.87. The van der Waals surface area contributed by atoms with Crippen molar-refractivity contribution < 1.29 is 18.4 Å².